The van der Waals surface area contributed by atoms with Crippen LogP contribution in [-0.4, -0.2) is 74.6 Å². The average molecular weight is 559 g/mol. The maximum absolute atomic E-state index is 12.5. The van der Waals surface area contributed by atoms with Crippen molar-refractivity contribution >= 4 is 57.9 Å². The zero-order valence-corrected chi connectivity index (χ0v) is 22.3. The highest BCUT2D eigenvalue weighted by molar-refractivity contribution is 8.00. The Kier molecular flexibility index (Phi) is 8.03. The normalized spacial score (nSPS) is 24.0. The second kappa shape index (κ2) is 11.6. The molecule has 3 saturated heterocycles. The molecule has 11 nitrogen and oxygen atoms in total. The molecule has 0 aliphatic carbocycles. The van der Waals surface area contributed by atoms with Crippen molar-refractivity contribution in [1.29, 1.82) is 0 Å². The van der Waals surface area contributed by atoms with Gasteiger partial charge < -0.3 is 26.4 Å². The Balaban J connectivity index is 1.05. The molecule has 0 radical (unpaired) electrons. The third-order valence-corrected chi connectivity index (χ3v) is 9.35. The van der Waals surface area contributed by atoms with Crippen molar-refractivity contribution in [2.45, 2.75) is 61.9 Å². The first-order chi connectivity index (χ1) is 18.4. The number of aromatic nitrogens is 1. The minimum atomic E-state index is -1.09. The van der Waals surface area contributed by atoms with E-state index in [1.807, 2.05) is 41.4 Å². The number of carboxylic acid groups (broad SMARTS) is 1. The molecule has 1 aromatic heterocycles. The molecule has 4 unspecified atom stereocenters. The molecular formula is C25H30N6O5S2. The Bertz CT molecular complexity index is 1210. The number of hydrogen-bond acceptors (Lipinski definition) is 7. The molecular weight excluding hydrogens is 528 g/mol. The van der Waals surface area contributed by atoms with Crippen LogP contribution >= 0.6 is 23.1 Å². The summed E-state index contributed by atoms with van der Waals surface area (Å²) < 4.78 is 0. The Morgan fingerprint density at radius 1 is 1.13 bits per heavy atom. The molecule has 202 valence electrons. The Morgan fingerprint density at radius 2 is 1.95 bits per heavy atom. The van der Waals surface area contributed by atoms with Gasteiger partial charge in [0, 0.05) is 40.6 Å². The molecule has 1 aromatic carbocycles. The van der Waals surface area contributed by atoms with Crippen LogP contribution in [-0.2, 0) is 9.59 Å². The van der Waals surface area contributed by atoms with Crippen LogP contribution in [0.15, 0.2) is 29.6 Å². The van der Waals surface area contributed by atoms with E-state index in [0.717, 1.165) is 35.5 Å². The topological polar surface area (TPSA) is 153 Å². The summed E-state index contributed by atoms with van der Waals surface area (Å²) >= 11 is 3.16. The van der Waals surface area contributed by atoms with Crippen LogP contribution in [0.3, 0.4) is 0 Å². The van der Waals surface area contributed by atoms with E-state index in [4.69, 9.17) is 0 Å². The van der Waals surface area contributed by atoms with Gasteiger partial charge in [0.2, 0.25) is 11.8 Å². The van der Waals surface area contributed by atoms with Crippen molar-refractivity contribution in [1.82, 2.24) is 20.5 Å². The first kappa shape index (κ1) is 26.3. The largest absolute Gasteiger partial charge is 0.465 e. The van der Waals surface area contributed by atoms with Gasteiger partial charge in [-0.15, -0.1) is 11.3 Å². The van der Waals surface area contributed by atoms with Gasteiger partial charge in [-0.2, -0.15) is 11.8 Å². The van der Waals surface area contributed by atoms with Gasteiger partial charge in [-0.25, -0.2) is 14.6 Å². The number of urea groups is 1. The summed E-state index contributed by atoms with van der Waals surface area (Å²) in [6.45, 7) is 0.360. The SMILES string of the molecule is O=C(CCCCC1SCC2NC(=O)NC21)Nc1ccc(-c2csc(NC(=O)C3CCCN3C(=O)O)n2)cc1. The Morgan fingerprint density at radius 3 is 2.74 bits per heavy atom. The van der Waals surface area contributed by atoms with E-state index < -0.39 is 12.1 Å². The zero-order chi connectivity index (χ0) is 26.6. The number of anilines is 2. The van der Waals surface area contributed by atoms with Crippen LogP contribution in [0.4, 0.5) is 20.4 Å². The molecule has 0 bridgehead atoms. The summed E-state index contributed by atoms with van der Waals surface area (Å²) in [4.78, 5) is 53.3. The van der Waals surface area contributed by atoms with Gasteiger partial charge in [-0.05, 0) is 37.8 Å². The number of carbonyl (C=O) groups is 4. The fourth-order valence-electron chi connectivity index (χ4n) is 5.14. The van der Waals surface area contributed by atoms with Crippen molar-refractivity contribution < 1.29 is 24.3 Å². The molecule has 3 fully saturated rings. The van der Waals surface area contributed by atoms with E-state index in [1.54, 1.807) is 0 Å². The molecule has 5 N–H and O–H groups in total. The summed E-state index contributed by atoms with van der Waals surface area (Å²) in [5.74, 6) is 0.539. The maximum atomic E-state index is 12.5. The number of unbranched alkanes of at least 4 members (excludes halogenated alkanes) is 1. The van der Waals surface area contributed by atoms with Gasteiger partial charge in [-0.1, -0.05) is 18.6 Å². The lowest BCUT2D eigenvalue weighted by Crippen LogP contribution is -2.42. The first-order valence-electron chi connectivity index (χ1n) is 12.7. The number of amides is 5. The Labute approximate surface area is 228 Å². The number of nitrogens with one attached hydrogen (secondary N) is 4. The van der Waals surface area contributed by atoms with Crippen molar-refractivity contribution in [3.63, 3.8) is 0 Å². The van der Waals surface area contributed by atoms with Crippen LogP contribution in [0.25, 0.3) is 11.3 Å². The summed E-state index contributed by atoms with van der Waals surface area (Å²) in [5.41, 5.74) is 2.23. The van der Waals surface area contributed by atoms with Crippen LogP contribution in [0.2, 0.25) is 0 Å². The fourth-order valence-corrected chi connectivity index (χ4v) is 7.41. The number of rotatable bonds is 9. The van der Waals surface area contributed by atoms with Crippen LogP contribution in [0, 0.1) is 0 Å². The molecule has 38 heavy (non-hydrogen) atoms. The van der Waals surface area contributed by atoms with Gasteiger partial charge in [-0.3, -0.25) is 14.5 Å². The second-order valence-corrected chi connectivity index (χ2v) is 11.8. The van der Waals surface area contributed by atoms with E-state index in [9.17, 15) is 24.3 Å². The highest BCUT2D eigenvalue weighted by atomic mass is 32.2. The molecule has 2 aromatic rings. The molecule has 3 aliphatic rings. The molecule has 13 heteroatoms. The lowest BCUT2D eigenvalue weighted by atomic mass is 10.0. The lowest BCUT2D eigenvalue weighted by Gasteiger charge is -2.19. The Hall–Kier alpha value is -3.32. The van der Waals surface area contributed by atoms with E-state index >= 15 is 0 Å². The number of hydrogen-bond donors (Lipinski definition) is 5. The standard InChI is InChI=1S/C25H30N6O5S2/c32-20(6-2-1-5-19-21-17(13-37-19)27-23(34)29-21)26-15-9-7-14(8-10-15)16-12-38-24(28-16)30-22(33)18-4-3-11-31(18)25(35)36/h7-10,12,17-19,21H,1-6,11,13H2,(H,26,32)(H,35,36)(H2,27,29,34)(H,28,30,33). The summed E-state index contributed by atoms with van der Waals surface area (Å²) in [6, 6.07) is 7.00. The number of thiazole rings is 1. The number of benzene rings is 1. The molecule has 3 aliphatic heterocycles. The highest BCUT2D eigenvalue weighted by Crippen LogP contribution is 2.33. The predicted octanol–water partition coefficient (Wildman–Crippen LogP) is 3.56. The first-order valence-corrected chi connectivity index (χ1v) is 14.6. The van der Waals surface area contributed by atoms with Gasteiger partial charge in [0.25, 0.3) is 0 Å². The minimum Gasteiger partial charge on any atom is -0.465 e. The molecule has 0 spiro atoms. The molecule has 5 amide bonds. The number of thioether (sulfide) groups is 1. The minimum absolute atomic E-state index is 0.0356. The highest BCUT2D eigenvalue weighted by Gasteiger charge is 2.42. The smallest absolute Gasteiger partial charge is 0.407 e. The third-order valence-electron chi connectivity index (χ3n) is 7.08. The predicted molar refractivity (Wildman–Crippen MR) is 147 cm³/mol. The number of likely N-dealkylation sites (tertiary alicyclic amines) is 1. The van der Waals surface area contributed by atoms with E-state index in [2.05, 4.69) is 26.3 Å². The van der Waals surface area contributed by atoms with Crippen molar-refractivity contribution in [2.24, 2.45) is 0 Å². The summed E-state index contributed by atoms with van der Waals surface area (Å²) in [6.07, 6.45) is 3.21. The molecule has 0 saturated carbocycles. The molecule has 4 heterocycles. The quantitative estimate of drug-likeness (QED) is 0.233. The average Bonchev–Trinajstić information content (AvgIpc) is 3.67. The van der Waals surface area contributed by atoms with E-state index in [1.165, 1.54) is 11.3 Å². The molecule has 5 rings (SSSR count). The van der Waals surface area contributed by atoms with Crippen LogP contribution in [0.1, 0.15) is 38.5 Å². The summed E-state index contributed by atoms with van der Waals surface area (Å²) in [7, 11) is 0. The van der Waals surface area contributed by atoms with Crippen LogP contribution < -0.4 is 21.3 Å². The van der Waals surface area contributed by atoms with Crippen molar-refractivity contribution in [2.75, 3.05) is 22.9 Å². The number of fused-ring (bicyclic) bond motifs is 1. The van der Waals surface area contributed by atoms with Gasteiger partial charge >= 0.3 is 12.1 Å². The number of carbonyl (C=O) groups excluding carboxylic acids is 3. The van der Waals surface area contributed by atoms with Gasteiger partial charge in [0.1, 0.15) is 6.04 Å². The van der Waals surface area contributed by atoms with E-state index in [-0.39, 0.29) is 29.9 Å². The number of nitrogens with zero attached hydrogens (tertiary/aromatic N) is 2. The zero-order valence-electron chi connectivity index (χ0n) is 20.6. The monoisotopic (exact) mass is 558 g/mol. The van der Waals surface area contributed by atoms with Crippen molar-refractivity contribution in [3.8, 4) is 11.3 Å². The van der Waals surface area contributed by atoms with Crippen molar-refractivity contribution in [3.05, 3.63) is 29.6 Å². The third kappa shape index (κ3) is 6.04. The fraction of sp³-hybridized carbons (Fsp3) is 0.480. The molecule has 4 atom stereocenters. The van der Waals surface area contributed by atoms with Gasteiger partial charge in [0.15, 0.2) is 5.13 Å². The summed E-state index contributed by atoms with van der Waals surface area (Å²) in [5, 5.41) is 23.5. The second-order valence-electron chi connectivity index (χ2n) is 9.65. The van der Waals surface area contributed by atoms with E-state index in [0.29, 0.717) is 47.6 Å². The lowest BCUT2D eigenvalue weighted by molar-refractivity contribution is -0.120. The van der Waals surface area contributed by atoms with Gasteiger partial charge in [0.05, 0.1) is 17.8 Å². The van der Waals surface area contributed by atoms with Crippen LogP contribution in [0.5, 0.6) is 0 Å². The maximum Gasteiger partial charge on any atom is 0.407 e.